The highest BCUT2D eigenvalue weighted by Crippen LogP contribution is 2.27. The van der Waals surface area contributed by atoms with E-state index in [-0.39, 0.29) is 23.3 Å². The molecule has 1 heterocycles. The van der Waals surface area contributed by atoms with Crippen LogP contribution >= 0.6 is 11.8 Å². The molecule has 33 heavy (non-hydrogen) atoms. The van der Waals surface area contributed by atoms with Crippen LogP contribution in [0.2, 0.25) is 0 Å². The maximum Gasteiger partial charge on any atom is 0.234 e. The summed E-state index contributed by atoms with van der Waals surface area (Å²) >= 11 is 1.22. The lowest BCUT2D eigenvalue weighted by molar-refractivity contribution is -0.113. The van der Waals surface area contributed by atoms with Gasteiger partial charge in [0.15, 0.2) is 16.8 Å². The minimum absolute atomic E-state index is 0.0353. The molecule has 0 aliphatic carbocycles. The zero-order chi connectivity index (χ0) is 23.2. The van der Waals surface area contributed by atoms with Gasteiger partial charge in [0, 0.05) is 11.3 Å². The average molecular weight is 461 g/mol. The molecule has 0 saturated heterocycles. The second-order valence-electron chi connectivity index (χ2n) is 7.33. The third kappa shape index (κ3) is 5.53. The number of rotatable bonds is 8. The first-order chi connectivity index (χ1) is 16.0. The van der Waals surface area contributed by atoms with E-state index < -0.39 is 0 Å². The molecule has 0 aliphatic rings. The zero-order valence-electron chi connectivity index (χ0n) is 17.9. The van der Waals surface area contributed by atoms with Crippen molar-refractivity contribution in [3.63, 3.8) is 0 Å². The number of ketones is 1. The van der Waals surface area contributed by atoms with Gasteiger partial charge in [-0.3, -0.25) is 14.2 Å². The molecule has 0 aliphatic heterocycles. The van der Waals surface area contributed by atoms with Crippen molar-refractivity contribution in [1.29, 1.82) is 0 Å². The fourth-order valence-electron chi connectivity index (χ4n) is 3.26. The van der Waals surface area contributed by atoms with Crippen molar-refractivity contribution >= 4 is 29.1 Å². The van der Waals surface area contributed by atoms with Crippen molar-refractivity contribution < 1.29 is 14.0 Å². The highest BCUT2D eigenvalue weighted by atomic mass is 32.2. The summed E-state index contributed by atoms with van der Waals surface area (Å²) in [5.41, 5.74) is 2.54. The highest BCUT2D eigenvalue weighted by Gasteiger charge is 2.18. The third-order valence-corrected chi connectivity index (χ3v) is 5.89. The van der Waals surface area contributed by atoms with Gasteiger partial charge in [0.1, 0.15) is 5.82 Å². The van der Waals surface area contributed by atoms with Gasteiger partial charge in [-0.05, 0) is 48.9 Å². The average Bonchev–Trinajstić information content (AvgIpc) is 3.21. The molecule has 0 radical (unpaired) electrons. The van der Waals surface area contributed by atoms with E-state index >= 15 is 0 Å². The lowest BCUT2D eigenvalue weighted by Gasteiger charge is -2.11. The van der Waals surface area contributed by atoms with Gasteiger partial charge in [0.25, 0.3) is 0 Å². The van der Waals surface area contributed by atoms with E-state index in [0.717, 1.165) is 5.56 Å². The fourth-order valence-corrected chi connectivity index (χ4v) is 4.00. The van der Waals surface area contributed by atoms with Crippen LogP contribution in [0.4, 0.5) is 10.1 Å². The van der Waals surface area contributed by atoms with Crippen molar-refractivity contribution in [1.82, 2.24) is 14.8 Å². The Kier molecular flexibility index (Phi) is 6.95. The summed E-state index contributed by atoms with van der Waals surface area (Å²) in [5.74, 6) is -0.148. The van der Waals surface area contributed by atoms with Crippen LogP contribution in [0.3, 0.4) is 0 Å². The smallest absolute Gasteiger partial charge is 0.234 e. The monoisotopic (exact) mass is 460 g/mol. The van der Waals surface area contributed by atoms with E-state index in [4.69, 9.17) is 0 Å². The maximum absolute atomic E-state index is 14.5. The Morgan fingerprint density at radius 1 is 0.939 bits per heavy atom. The summed E-state index contributed by atoms with van der Waals surface area (Å²) in [6.07, 6.45) is 0. The van der Waals surface area contributed by atoms with Crippen molar-refractivity contribution in [2.75, 3.05) is 11.1 Å². The Balaban J connectivity index is 1.52. The van der Waals surface area contributed by atoms with Gasteiger partial charge in [-0.15, -0.1) is 10.2 Å². The van der Waals surface area contributed by atoms with Crippen LogP contribution in [-0.2, 0) is 11.3 Å². The number of carbonyl (C=O) groups excluding carboxylic acids is 2. The van der Waals surface area contributed by atoms with E-state index in [1.54, 1.807) is 42.5 Å². The lowest BCUT2D eigenvalue weighted by atomic mass is 10.1. The first kappa shape index (κ1) is 22.4. The largest absolute Gasteiger partial charge is 0.325 e. The van der Waals surface area contributed by atoms with Crippen LogP contribution in [0.25, 0.3) is 11.4 Å². The topological polar surface area (TPSA) is 76.9 Å². The number of amides is 1. The van der Waals surface area contributed by atoms with E-state index in [2.05, 4.69) is 15.5 Å². The summed E-state index contributed by atoms with van der Waals surface area (Å²) in [4.78, 5) is 23.9. The standard InChI is InChI=1S/C25H21FN4O2S/c1-17(31)19-11-13-20(14-12-19)27-23(32)16-33-25-29-28-24(21-9-5-6-10-22(21)26)30(25)15-18-7-3-2-4-8-18/h2-14H,15-16H2,1H3,(H,27,32). The van der Waals surface area contributed by atoms with Gasteiger partial charge in [-0.2, -0.15) is 0 Å². The Morgan fingerprint density at radius 3 is 2.33 bits per heavy atom. The van der Waals surface area contributed by atoms with E-state index in [0.29, 0.717) is 34.3 Å². The minimum atomic E-state index is -0.387. The molecule has 0 saturated carbocycles. The molecule has 0 atom stereocenters. The van der Waals surface area contributed by atoms with E-state index in [1.165, 1.54) is 24.8 Å². The maximum atomic E-state index is 14.5. The number of anilines is 1. The van der Waals surface area contributed by atoms with E-state index in [1.807, 2.05) is 34.9 Å². The van der Waals surface area contributed by atoms with Gasteiger partial charge in [0.2, 0.25) is 5.91 Å². The SMILES string of the molecule is CC(=O)c1ccc(NC(=O)CSc2nnc(-c3ccccc3F)n2Cc2ccccc2)cc1. The molecule has 1 N–H and O–H groups in total. The normalized spacial score (nSPS) is 10.7. The minimum Gasteiger partial charge on any atom is -0.325 e. The Labute approximate surface area is 194 Å². The number of Topliss-reactive ketones (excluding diaryl/α,β-unsaturated/α-hetero) is 1. The molecule has 6 nitrogen and oxygen atoms in total. The summed E-state index contributed by atoms with van der Waals surface area (Å²) < 4.78 is 16.3. The summed E-state index contributed by atoms with van der Waals surface area (Å²) in [5, 5.41) is 11.8. The quantitative estimate of drug-likeness (QED) is 0.294. The third-order valence-electron chi connectivity index (χ3n) is 4.92. The van der Waals surface area contributed by atoms with Gasteiger partial charge in [0.05, 0.1) is 17.9 Å². The number of benzene rings is 3. The predicted octanol–water partition coefficient (Wildman–Crippen LogP) is 5.07. The molecule has 166 valence electrons. The van der Waals surface area contributed by atoms with Crippen LogP contribution in [0.5, 0.6) is 0 Å². The number of carbonyl (C=O) groups is 2. The van der Waals surface area contributed by atoms with Gasteiger partial charge in [-0.1, -0.05) is 54.2 Å². The van der Waals surface area contributed by atoms with Crippen LogP contribution in [0.15, 0.2) is 84.0 Å². The van der Waals surface area contributed by atoms with E-state index in [9.17, 15) is 14.0 Å². The predicted molar refractivity (Wildman–Crippen MR) is 127 cm³/mol. The second-order valence-corrected chi connectivity index (χ2v) is 8.27. The van der Waals surface area contributed by atoms with Crippen LogP contribution in [-0.4, -0.2) is 32.2 Å². The first-order valence-corrected chi connectivity index (χ1v) is 11.3. The number of hydrogen-bond donors (Lipinski definition) is 1. The molecule has 3 aromatic carbocycles. The number of aromatic nitrogens is 3. The molecule has 1 amide bonds. The number of halogens is 1. The summed E-state index contributed by atoms with van der Waals surface area (Å²) in [6, 6.07) is 22.9. The number of nitrogens with zero attached hydrogens (tertiary/aromatic N) is 3. The van der Waals surface area contributed by atoms with Crippen molar-refractivity contribution in [2.24, 2.45) is 0 Å². The molecule has 4 aromatic rings. The fraction of sp³-hybridized carbons (Fsp3) is 0.120. The second kappa shape index (κ2) is 10.2. The molecule has 0 spiro atoms. The number of nitrogens with one attached hydrogen (secondary N) is 1. The Bertz CT molecular complexity index is 1270. The zero-order valence-corrected chi connectivity index (χ0v) is 18.7. The molecule has 0 fully saturated rings. The molecular weight excluding hydrogens is 439 g/mol. The molecular formula is C25H21FN4O2S. The lowest BCUT2D eigenvalue weighted by Crippen LogP contribution is -2.15. The van der Waals surface area contributed by atoms with Crippen LogP contribution in [0, 0.1) is 5.82 Å². The number of hydrogen-bond acceptors (Lipinski definition) is 5. The van der Waals surface area contributed by atoms with Crippen molar-refractivity contribution in [3.8, 4) is 11.4 Å². The van der Waals surface area contributed by atoms with Crippen LogP contribution in [0.1, 0.15) is 22.8 Å². The summed E-state index contributed by atoms with van der Waals surface area (Å²) in [7, 11) is 0. The Hall–Kier alpha value is -3.78. The first-order valence-electron chi connectivity index (χ1n) is 10.3. The molecule has 0 bridgehead atoms. The Morgan fingerprint density at radius 2 is 1.64 bits per heavy atom. The van der Waals surface area contributed by atoms with Crippen molar-refractivity contribution in [2.45, 2.75) is 18.6 Å². The van der Waals surface area contributed by atoms with Gasteiger partial charge in [-0.25, -0.2) is 4.39 Å². The molecule has 8 heteroatoms. The summed E-state index contributed by atoms with van der Waals surface area (Å²) in [6.45, 7) is 1.93. The van der Waals surface area contributed by atoms with Gasteiger partial charge >= 0.3 is 0 Å². The van der Waals surface area contributed by atoms with Gasteiger partial charge < -0.3 is 5.32 Å². The molecule has 4 rings (SSSR count). The highest BCUT2D eigenvalue weighted by molar-refractivity contribution is 7.99. The van der Waals surface area contributed by atoms with Crippen molar-refractivity contribution in [3.05, 3.63) is 95.8 Å². The van der Waals surface area contributed by atoms with Crippen LogP contribution < -0.4 is 5.32 Å². The number of thioether (sulfide) groups is 1. The molecule has 1 aromatic heterocycles. The molecule has 0 unspecified atom stereocenters.